The van der Waals surface area contributed by atoms with Gasteiger partial charge in [0.25, 0.3) is 0 Å². The molecular weight excluding hydrogens is 334 g/mol. The van der Waals surface area contributed by atoms with E-state index in [0.29, 0.717) is 18.0 Å². The predicted octanol–water partition coefficient (Wildman–Crippen LogP) is 3.09. The first kappa shape index (κ1) is 18.0. The highest BCUT2D eigenvalue weighted by molar-refractivity contribution is 7.91. The third kappa shape index (κ3) is 4.82. The molecule has 0 spiro atoms. The van der Waals surface area contributed by atoms with Crippen molar-refractivity contribution in [3.8, 4) is 0 Å². The van der Waals surface area contributed by atoms with Crippen LogP contribution in [0.25, 0.3) is 6.08 Å². The number of carbonyl (C=O) groups excluding carboxylic acids is 1. The fourth-order valence-electron chi connectivity index (χ4n) is 2.71. The number of amides is 1. The molecule has 126 valence electrons. The lowest BCUT2D eigenvalue weighted by atomic mass is 10.1. The molecule has 23 heavy (non-hydrogen) atoms. The van der Waals surface area contributed by atoms with Crippen molar-refractivity contribution < 1.29 is 13.2 Å². The molecule has 1 amide bonds. The summed E-state index contributed by atoms with van der Waals surface area (Å²) in [7, 11) is -3.01. The fraction of sp³-hybridized carbons (Fsp3) is 0.471. The minimum atomic E-state index is -3.01. The van der Waals surface area contributed by atoms with E-state index in [-0.39, 0.29) is 23.5 Å². The van der Waals surface area contributed by atoms with Gasteiger partial charge in [-0.2, -0.15) is 0 Å². The van der Waals surface area contributed by atoms with E-state index in [2.05, 4.69) is 0 Å². The van der Waals surface area contributed by atoms with Crippen LogP contribution in [0.5, 0.6) is 0 Å². The molecule has 0 aliphatic carbocycles. The van der Waals surface area contributed by atoms with Crippen molar-refractivity contribution in [1.29, 1.82) is 0 Å². The first-order valence-corrected chi connectivity index (χ1v) is 9.97. The maximum Gasteiger partial charge on any atom is 0.246 e. The fourth-order valence-corrected chi connectivity index (χ4v) is 4.63. The van der Waals surface area contributed by atoms with Gasteiger partial charge in [-0.1, -0.05) is 30.7 Å². The number of aryl methyl sites for hydroxylation is 1. The lowest BCUT2D eigenvalue weighted by Gasteiger charge is -2.26. The van der Waals surface area contributed by atoms with Gasteiger partial charge in [-0.25, -0.2) is 8.42 Å². The van der Waals surface area contributed by atoms with Crippen LogP contribution in [0.4, 0.5) is 0 Å². The lowest BCUT2D eigenvalue weighted by Crippen LogP contribution is -2.40. The Morgan fingerprint density at radius 3 is 2.74 bits per heavy atom. The Morgan fingerprint density at radius 2 is 2.17 bits per heavy atom. The van der Waals surface area contributed by atoms with Crippen molar-refractivity contribution in [2.75, 3.05) is 18.1 Å². The van der Waals surface area contributed by atoms with E-state index in [4.69, 9.17) is 11.6 Å². The summed E-state index contributed by atoms with van der Waals surface area (Å²) in [4.78, 5) is 14.1. The number of hydrogen-bond acceptors (Lipinski definition) is 3. The summed E-state index contributed by atoms with van der Waals surface area (Å²) >= 11 is 6.08. The Hall–Kier alpha value is -1.33. The standard InChI is InChI=1S/C17H22ClNO3S/c1-3-9-19(15-8-10-23(21,22)12-15)17(20)7-6-14-5-4-13(2)16(18)11-14/h4-7,11,15H,3,8-10,12H2,1-2H3. The molecule has 2 rings (SSSR count). The van der Waals surface area contributed by atoms with Gasteiger partial charge in [-0.05, 0) is 43.0 Å². The van der Waals surface area contributed by atoms with Crippen molar-refractivity contribution in [3.63, 3.8) is 0 Å². The number of hydrogen-bond donors (Lipinski definition) is 0. The zero-order valence-corrected chi connectivity index (χ0v) is 15.0. The van der Waals surface area contributed by atoms with Gasteiger partial charge in [0.2, 0.25) is 5.91 Å². The third-order valence-corrected chi connectivity index (χ3v) is 6.17. The van der Waals surface area contributed by atoms with Gasteiger partial charge >= 0.3 is 0 Å². The molecular formula is C17H22ClNO3S. The minimum absolute atomic E-state index is 0.0724. The first-order valence-electron chi connectivity index (χ1n) is 7.77. The van der Waals surface area contributed by atoms with E-state index in [1.807, 2.05) is 32.0 Å². The number of sulfone groups is 1. The van der Waals surface area contributed by atoms with Gasteiger partial charge in [0.1, 0.15) is 0 Å². The van der Waals surface area contributed by atoms with Gasteiger partial charge in [0.15, 0.2) is 9.84 Å². The quantitative estimate of drug-likeness (QED) is 0.763. The van der Waals surface area contributed by atoms with Crippen LogP contribution in [-0.4, -0.2) is 43.3 Å². The molecule has 1 aromatic carbocycles. The van der Waals surface area contributed by atoms with Gasteiger partial charge in [0.05, 0.1) is 11.5 Å². The van der Waals surface area contributed by atoms with Crippen molar-refractivity contribution in [2.24, 2.45) is 0 Å². The van der Waals surface area contributed by atoms with Crippen LogP contribution in [-0.2, 0) is 14.6 Å². The van der Waals surface area contributed by atoms with Crippen LogP contribution in [0.2, 0.25) is 5.02 Å². The molecule has 0 radical (unpaired) electrons. The number of nitrogens with zero attached hydrogens (tertiary/aromatic N) is 1. The van der Waals surface area contributed by atoms with Crippen LogP contribution in [0.15, 0.2) is 24.3 Å². The Kier molecular flexibility index (Phi) is 5.87. The second-order valence-corrected chi connectivity index (χ2v) is 8.57. The molecule has 6 heteroatoms. The average molecular weight is 356 g/mol. The van der Waals surface area contributed by atoms with Crippen LogP contribution in [0, 0.1) is 6.92 Å². The lowest BCUT2D eigenvalue weighted by molar-refractivity contribution is -0.127. The van der Waals surface area contributed by atoms with Gasteiger partial charge in [-0.3, -0.25) is 4.79 Å². The molecule has 0 aromatic heterocycles. The second kappa shape index (κ2) is 7.49. The first-order chi connectivity index (χ1) is 10.8. The zero-order chi connectivity index (χ0) is 17.0. The molecule has 0 bridgehead atoms. The predicted molar refractivity (Wildman–Crippen MR) is 94.3 cm³/mol. The number of carbonyl (C=O) groups is 1. The normalized spacial score (nSPS) is 20.0. The largest absolute Gasteiger partial charge is 0.335 e. The van der Waals surface area contributed by atoms with E-state index in [9.17, 15) is 13.2 Å². The number of halogens is 1. The molecule has 1 fully saturated rings. The van der Waals surface area contributed by atoms with Crippen LogP contribution in [0.3, 0.4) is 0 Å². The van der Waals surface area contributed by atoms with E-state index in [1.165, 1.54) is 6.08 Å². The Bertz CT molecular complexity index is 713. The summed E-state index contributed by atoms with van der Waals surface area (Å²) in [5.74, 6) is 0.0939. The Labute approximate surface area is 143 Å². The Balaban J connectivity index is 2.11. The highest BCUT2D eigenvalue weighted by Crippen LogP contribution is 2.20. The number of benzene rings is 1. The maximum atomic E-state index is 12.5. The van der Waals surface area contributed by atoms with Gasteiger partial charge in [-0.15, -0.1) is 0 Å². The summed E-state index contributed by atoms with van der Waals surface area (Å²) in [6.45, 7) is 4.47. The average Bonchev–Trinajstić information content (AvgIpc) is 2.85. The molecule has 1 aromatic rings. The summed E-state index contributed by atoms with van der Waals surface area (Å²) in [5.41, 5.74) is 1.84. The van der Waals surface area contributed by atoms with Crippen LogP contribution >= 0.6 is 11.6 Å². The highest BCUT2D eigenvalue weighted by Gasteiger charge is 2.33. The van der Waals surface area contributed by atoms with E-state index < -0.39 is 9.84 Å². The molecule has 0 N–H and O–H groups in total. The monoisotopic (exact) mass is 355 g/mol. The summed E-state index contributed by atoms with van der Waals surface area (Å²) < 4.78 is 23.3. The van der Waals surface area contributed by atoms with E-state index in [1.54, 1.807) is 11.0 Å². The molecule has 1 aliphatic heterocycles. The maximum absolute atomic E-state index is 12.5. The summed E-state index contributed by atoms with van der Waals surface area (Å²) in [6, 6.07) is 5.40. The molecule has 1 aliphatic rings. The van der Waals surface area contributed by atoms with Gasteiger partial charge in [0, 0.05) is 23.7 Å². The van der Waals surface area contributed by atoms with Crippen molar-refractivity contribution in [1.82, 2.24) is 4.90 Å². The smallest absolute Gasteiger partial charge is 0.246 e. The van der Waals surface area contributed by atoms with Gasteiger partial charge < -0.3 is 4.90 Å². The van der Waals surface area contributed by atoms with Crippen molar-refractivity contribution in [3.05, 3.63) is 40.4 Å². The Morgan fingerprint density at radius 1 is 1.43 bits per heavy atom. The zero-order valence-electron chi connectivity index (χ0n) is 13.5. The van der Waals surface area contributed by atoms with Crippen molar-refractivity contribution in [2.45, 2.75) is 32.7 Å². The van der Waals surface area contributed by atoms with Crippen molar-refractivity contribution >= 4 is 33.4 Å². The molecule has 1 unspecified atom stereocenters. The molecule has 1 atom stereocenters. The molecule has 1 saturated heterocycles. The molecule has 4 nitrogen and oxygen atoms in total. The second-order valence-electron chi connectivity index (χ2n) is 5.93. The molecule has 1 heterocycles. The minimum Gasteiger partial charge on any atom is -0.335 e. The molecule has 0 saturated carbocycles. The number of rotatable bonds is 5. The van der Waals surface area contributed by atoms with E-state index >= 15 is 0 Å². The summed E-state index contributed by atoms with van der Waals surface area (Å²) in [6.07, 6.45) is 4.55. The SMILES string of the molecule is CCCN(C(=O)C=Cc1ccc(C)c(Cl)c1)C1CCS(=O)(=O)C1. The van der Waals surface area contributed by atoms with E-state index in [0.717, 1.165) is 17.5 Å². The topological polar surface area (TPSA) is 54.5 Å². The summed E-state index contributed by atoms with van der Waals surface area (Å²) in [5, 5.41) is 0.659. The van der Waals surface area contributed by atoms with Crippen LogP contribution in [0.1, 0.15) is 30.9 Å². The highest BCUT2D eigenvalue weighted by atomic mass is 35.5. The van der Waals surface area contributed by atoms with Crippen LogP contribution < -0.4 is 0 Å². The third-order valence-electron chi connectivity index (χ3n) is 4.01.